The molecule has 2 heteroatoms. The number of nitrogens with two attached hydrogens (primary N) is 1. The van der Waals surface area contributed by atoms with Crippen molar-refractivity contribution in [3.63, 3.8) is 0 Å². The van der Waals surface area contributed by atoms with Crippen LogP contribution in [0.3, 0.4) is 0 Å². The van der Waals surface area contributed by atoms with E-state index in [0.29, 0.717) is 0 Å². The number of nitrogens with zero attached hydrogens (tertiary/aromatic N) is 1. The lowest BCUT2D eigenvalue weighted by Gasteiger charge is -2.12. The summed E-state index contributed by atoms with van der Waals surface area (Å²) >= 11 is 0. The van der Waals surface area contributed by atoms with Gasteiger partial charge < -0.3 is 5.73 Å². The van der Waals surface area contributed by atoms with Gasteiger partial charge in [0.05, 0.1) is 6.34 Å². The lowest BCUT2D eigenvalue weighted by molar-refractivity contribution is 0.430. The molecule has 0 fully saturated rings. The molecule has 0 amide bonds. The Morgan fingerprint density at radius 2 is 2.00 bits per heavy atom. The van der Waals surface area contributed by atoms with E-state index >= 15 is 0 Å². The van der Waals surface area contributed by atoms with Crippen molar-refractivity contribution in [1.82, 2.24) is 0 Å². The van der Waals surface area contributed by atoms with Gasteiger partial charge in [-0.2, -0.15) is 0 Å². The first kappa shape index (κ1) is 7.47. The molecule has 0 unspecified atom stereocenters. The molecule has 2 nitrogen and oxygen atoms in total. The largest absolute Gasteiger partial charge is 0.390 e. The van der Waals surface area contributed by atoms with Crippen LogP contribution >= 0.6 is 0 Å². The molecule has 8 heavy (non-hydrogen) atoms. The van der Waals surface area contributed by atoms with Crippen molar-refractivity contribution in [2.45, 2.75) is 20.8 Å². The van der Waals surface area contributed by atoms with E-state index in [9.17, 15) is 0 Å². The summed E-state index contributed by atoms with van der Waals surface area (Å²) in [5, 5.41) is 0. The van der Waals surface area contributed by atoms with Gasteiger partial charge in [-0.05, 0) is 5.41 Å². The van der Waals surface area contributed by atoms with Gasteiger partial charge in [-0.1, -0.05) is 20.8 Å². The Morgan fingerprint density at radius 3 is 2.12 bits per heavy atom. The summed E-state index contributed by atoms with van der Waals surface area (Å²) in [7, 11) is 0. The van der Waals surface area contributed by atoms with Crippen molar-refractivity contribution in [3.8, 4) is 0 Å². The Balaban J connectivity index is 3.39. The number of hydrogen-bond acceptors (Lipinski definition) is 1. The normalized spacial score (nSPS) is 12.9. The van der Waals surface area contributed by atoms with Gasteiger partial charge in [-0.15, -0.1) is 0 Å². The van der Waals surface area contributed by atoms with Gasteiger partial charge in [0.1, 0.15) is 0 Å². The van der Waals surface area contributed by atoms with Crippen LogP contribution in [0.5, 0.6) is 0 Å². The van der Waals surface area contributed by atoms with Crippen molar-refractivity contribution in [2.24, 2.45) is 16.1 Å². The third kappa shape index (κ3) is 5.47. The average Bonchev–Trinajstić information content (AvgIpc) is 1.59. The van der Waals surface area contributed by atoms with E-state index in [0.717, 1.165) is 6.54 Å². The molecule has 0 aromatic heterocycles. The molecule has 48 valence electrons. The van der Waals surface area contributed by atoms with Crippen LogP contribution in [0.25, 0.3) is 0 Å². The molecular weight excluding hydrogens is 100 g/mol. The number of aliphatic imine (C=N–C) groups is 1. The van der Waals surface area contributed by atoms with Crippen LogP contribution < -0.4 is 5.73 Å². The van der Waals surface area contributed by atoms with Crippen LogP contribution in [0.4, 0.5) is 0 Å². The summed E-state index contributed by atoms with van der Waals surface area (Å²) < 4.78 is 0. The maximum atomic E-state index is 5.04. The second kappa shape index (κ2) is 2.70. The molecule has 0 aromatic rings. The first-order chi connectivity index (χ1) is 3.56. The molecule has 0 aliphatic heterocycles. The quantitative estimate of drug-likeness (QED) is 0.401. The van der Waals surface area contributed by atoms with E-state index in [2.05, 4.69) is 25.8 Å². The Labute approximate surface area is 50.8 Å². The van der Waals surface area contributed by atoms with Gasteiger partial charge in [0, 0.05) is 6.54 Å². The first-order valence-corrected chi connectivity index (χ1v) is 2.76. The highest BCUT2D eigenvalue weighted by Crippen LogP contribution is 2.11. The van der Waals surface area contributed by atoms with E-state index in [1.54, 1.807) is 0 Å². The number of hydrogen-bond donors (Lipinski definition) is 1. The monoisotopic (exact) mass is 114 g/mol. The second-order valence-electron chi connectivity index (χ2n) is 3.05. The van der Waals surface area contributed by atoms with E-state index in [1.165, 1.54) is 6.34 Å². The van der Waals surface area contributed by atoms with Crippen LogP contribution in [0.1, 0.15) is 20.8 Å². The van der Waals surface area contributed by atoms with Gasteiger partial charge in [0.25, 0.3) is 0 Å². The lowest BCUT2D eigenvalue weighted by Crippen LogP contribution is -2.10. The van der Waals surface area contributed by atoms with Crippen molar-refractivity contribution < 1.29 is 0 Å². The van der Waals surface area contributed by atoms with E-state index < -0.39 is 0 Å². The zero-order chi connectivity index (χ0) is 6.62. The van der Waals surface area contributed by atoms with Crippen molar-refractivity contribution >= 4 is 6.34 Å². The fourth-order valence-corrected chi connectivity index (χ4v) is 0.327. The molecule has 0 rings (SSSR count). The zero-order valence-corrected chi connectivity index (χ0v) is 5.81. The second-order valence-corrected chi connectivity index (χ2v) is 3.05. The predicted octanol–water partition coefficient (Wildman–Crippen LogP) is 1.02. The summed E-state index contributed by atoms with van der Waals surface area (Å²) in [6.45, 7) is 7.18. The Hall–Kier alpha value is -0.530. The molecule has 0 saturated carbocycles. The summed E-state index contributed by atoms with van der Waals surface area (Å²) in [5.41, 5.74) is 5.32. The minimum absolute atomic E-state index is 0.274. The smallest absolute Gasteiger partial charge is 0.0797 e. The third-order valence-corrected chi connectivity index (χ3v) is 0.671. The van der Waals surface area contributed by atoms with Crippen LogP contribution in [0, 0.1) is 5.41 Å². The van der Waals surface area contributed by atoms with Crippen molar-refractivity contribution in [1.29, 1.82) is 0 Å². The highest BCUT2D eigenvalue weighted by Gasteiger charge is 2.06. The molecule has 0 bridgehead atoms. The fraction of sp³-hybridized carbons (Fsp3) is 0.833. The molecule has 0 spiro atoms. The van der Waals surface area contributed by atoms with E-state index in [4.69, 9.17) is 5.73 Å². The summed E-state index contributed by atoms with van der Waals surface area (Å²) in [6.07, 6.45) is 1.35. The highest BCUT2D eigenvalue weighted by atomic mass is 14.8. The molecule has 0 heterocycles. The maximum Gasteiger partial charge on any atom is 0.0797 e. The van der Waals surface area contributed by atoms with E-state index in [1.807, 2.05) is 0 Å². The minimum Gasteiger partial charge on any atom is -0.390 e. The molecule has 0 aliphatic carbocycles. The van der Waals surface area contributed by atoms with Crippen LogP contribution in [-0.4, -0.2) is 12.9 Å². The highest BCUT2D eigenvalue weighted by molar-refractivity contribution is 5.51. The molecule has 0 radical (unpaired) electrons. The van der Waals surface area contributed by atoms with Crippen molar-refractivity contribution in [3.05, 3.63) is 0 Å². The fourth-order valence-electron chi connectivity index (χ4n) is 0.327. The Kier molecular flexibility index (Phi) is 2.52. The molecular formula is C6H14N2. The topological polar surface area (TPSA) is 38.4 Å². The lowest BCUT2D eigenvalue weighted by atomic mass is 9.98. The third-order valence-electron chi connectivity index (χ3n) is 0.671. The molecule has 0 atom stereocenters. The zero-order valence-electron chi connectivity index (χ0n) is 5.81. The Bertz CT molecular complexity index is 79.0. The maximum absolute atomic E-state index is 5.04. The van der Waals surface area contributed by atoms with Crippen molar-refractivity contribution in [2.75, 3.05) is 6.54 Å². The number of rotatable bonds is 1. The summed E-state index contributed by atoms with van der Waals surface area (Å²) in [6, 6.07) is 0. The predicted molar refractivity (Wildman–Crippen MR) is 37.0 cm³/mol. The van der Waals surface area contributed by atoms with Gasteiger partial charge in [-0.25, -0.2) is 0 Å². The Morgan fingerprint density at radius 1 is 1.50 bits per heavy atom. The molecule has 0 aliphatic rings. The molecule has 0 aromatic carbocycles. The van der Waals surface area contributed by atoms with Crippen LogP contribution in [0.2, 0.25) is 0 Å². The van der Waals surface area contributed by atoms with E-state index in [-0.39, 0.29) is 5.41 Å². The molecule has 0 saturated heterocycles. The van der Waals surface area contributed by atoms with Gasteiger partial charge in [0.15, 0.2) is 0 Å². The average molecular weight is 114 g/mol. The summed E-state index contributed by atoms with van der Waals surface area (Å²) in [4.78, 5) is 3.90. The van der Waals surface area contributed by atoms with Crippen LogP contribution in [0.15, 0.2) is 4.99 Å². The standard InChI is InChI=1S/C6H14N2/c1-6(2,3)4-8-5-7/h5H,4H2,1-3H3,(H2,7,8). The van der Waals surface area contributed by atoms with Gasteiger partial charge >= 0.3 is 0 Å². The van der Waals surface area contributed by atoms with Gasteiger partial charge in [0.2, 0.25) is 0 Å². The summed E-state index contributed by atoms with van der Waals surface area (Å²) in [5.74, 6) is 0. The van der Waals surface area contributed by atoms with Gasteiger partial charge in [-0.3, -0.25) is 4.99 Å². The first-order valence-electron chi connectivity index (χ1n) is 2.76. The minimum atomic E-state index is 0.274. The van der Waals surface area contributed by atoms with Crippen LogP contribution in [-0.2, 0) is 0 Å². The SMILES string of the molecule is CC(C)(C)CN=CN. The molecule has 2 N–H and O–H groups in total.